The molecule has 2 aliphatic rings. The lowest BCUT2D eigenvalue weighted by molar-refractivity contribution is -0.150. The van der Waals surface area contributed by atoms with Gasteiger partial charge in [0.2, 0.25) is 0 Å². The molecule has 0 bridgehead atoms. The van der Waals surface area contributed by atoms with Crippen LogP contribution in [0.15, 0.2) is 36.4 Å². The summed E-state index contributed by atoms with van der Waals surface area (Å²) in [5, 5.41) is 10.3. The van der Waals surface area contributed by atoms with Crippen molar-refractivity contribution in [3.8, 4) is 11.8 Å². The van der Waals surface area contributed by atoms with E-state index in [9.17, 15) is 10.1 Å². The summed E-state index contributed by atoms with van der Waals surface area (Å²) in [5.74, 6) is -0.0794. The number of rotatable bonds is 6. The number of H-pyrrole nitrogens is 1. The van der Waals surface area contributed by atoms with Crippen LogP contribution in [0, 0.1) is 11.3 Å². The number of aromatic amines is 1. The number of nitrogens with zero attached hydrogens (tertiary/aromatic N) is 1. The topological polar surface area (TPSA) is 93.6 Å². The molecule has 3 aromatic rings. The highest BCUT2D eigenvalue weighted by atomic mass is 28.4. The third-order valence-corrected chi connectivity index (χ3v) is 13.3. The first-order chi connectivity index (χ1) is 18.5. The molecule has 2 atom stereocenters. The third-order valence-electron chi connectivity index (χ3n) is 8.80. The normalized spacial score (nSPS) is 21.6. The second kappa shape index (κ2) is 9.56. The molecule has 2 aromatic carbocycles. The summed E-state index contributed by atoms with van der Waals surface area (Å²) in [5.41, 5.74) is 3.96. The number of hydrogen-bond donors (Lipinski definition) is 1. The first-order valence-electron chi connectivity index (χ1n) is 13.9. The SMILES string of the molecule is CC1(C)O[C@H](COc2ccc3c(c2)C(C)(C)c2[nH]c4cc(C#N)ccc4c2C3=O)[C@@H](CO[Si](C)(C)C(C)(C)C)O1. The average Bonchev–Trinajstić information content (AvgIpc) is 3.41. The van der Waals surface area contributed by atoms with Crippen LogP contribution in [-0.4, -0.2) is 50.3 Å². The lowest BCUT2D eigenvalue weighted by Gasteiger charge is -2.37. The number of benzene rings is 2. The fraction of sp³-hybridized carbons (Fsp3) is 0.500. The predicted octanol–water partition coefficient (Wildman–Crippen LogP) is 6.83. The molecule has 40 heavy (non-hydrogen) atoms. The highest BCUT2D eigenvalue weighted by molar-refractivity contribution is 6.74. The molecule has 0 radical (unpaired) electrons. The average molecular weight is 561 g/mol. The lowest BCUT2D eigenvalue weighted by atomic mass is 9.71. The Balaban J connectivity index is 1.37. The fourth-order valence-electron chi connectivity index (χ4n) is 5.45. The number of fused-ring (bicyclic) bond motifs is 4. The Morgan fingerprint density at radius 2 is 1.70 bits per heavy atom. The molecule has 1 aliphatic carbocycles. The molecule has 212 valence electrons. The van der Waals surface area contributed by atoms with Crippen LogP contribution in [0.1, 0.15) is 81.2 Å². The summed E-state index contributed by atoms with van der Waals surface area (Å²) < 4.78 is 25.2. The second-order valence-electron chi connectivity index (χ2n) is 13.5. The Kier molecular flexibility index (Phi) is 6.82. The summed E-state index contributed by atoms with van der Waals surface area (Å²) in [6.07, 6.45) is -0.535. The van der Waals surface area contributed by atoms with Crippen LogP contribution in [0.2, 0.25) is 18.1 Å². The van der Waals surface area contributed by atoms with E-state index in [4.69, 9.17) is 18.6 Å². The van der Waals surface area contributed by atoms with Gasteiger partial charge in [-0.2, -0.15) is 5.26 Å². The third kappa shape index (κ3) is 4.90. The molecular weight excluding hydrogens is 520 g/mol. The van der Waals surface area contributed by atoms with Gasteiger partial charge in [0.1, 0.15) is 24.6 Å². The van der Waals surface area contributed by atoms with Crippen LogP contribution in [0.3, 0.4) is 0 Å². The molecule has 1 N–H and O–H groups in total. The van der Waals surface area contributed by atoms with Gasteiger partial charge in [-0.3, -0.25) is 4.79 Å². The number of ketones is 1. The van der Waals surface area contributed by atoms with Crippen molar-refractivity contribution < 1.29 is 23.4 Å². The molecule has 1 aliphatic heterocycles. The van der Waals surface area contributed by atoms with Gasteiger partial charge in [-0.25, -0.2) is 0 Å². The van der Waals surface area contributed by atoms with Crippen molar-refractivity contribution >= 4 is 25.0 Å². The summed E-state index contributed by atoms with van der Waals surface area (Å²) in [4.78, 5) is 17.1. The van der Waals surface area contributed by atoms with Crippen LogP contribution in [0.25, 0.3) is 10.9 Å². The summed E-state index contributed by atoms with van der Waals surface area (Å²) in [6, 6.07) is 13.3. The van der Waals surface area contributed by atoms with Crippen molar-refractivity contribution in [3.63, 3.8) is 0 Å². The van der Waals surface area contributed by atoms with E-state index in [1.807, 2.05) is 38.1 Å². The molecule has 0 unspecified atom stereocenters. The van der Waals surface area contributed by atoms with Crippen molar-refractivity contribution in [1.29, 1.82) is 5.26 Å². The van der Waals surface area contributed by atoms with E-state index in [1.54, 1.807) is 12.1 Å². The Hall–Kier alpha value is -2.96. The van der Waals surface area contributed by atoms with Crippen LogP contribution in [0.5, 0.6) is 5.75 Å². The quantitative estimate of drug-likeness (QED) is 0.332. The van der Waals surface area contributed by atoms with Gasteiger partial charge in [0.15, 0.2) is 19.9 Å². The van der Waals surface area contributed by atoms with Gasteiger partial charge in [0, 0.05) is 27.6 Å². The Morgan fingerprint density at radius 1 is 1.02 bits per heavy atom. The number of carbonyl (C=O) groups is 1. The fourth-order valence-corrected chi connectivity index (χ4v) is 6.46. The van der Waals surface area contributed by atoms with E-state index >= 15 is 0 Å². The van der Waals surface area contributed by atoms with Crippen LogP contribution < -0.4 is 4.74 Å². The molecule has 1 saturated heterocycles. The number of aromatic nitrogens is 1. The Labute approximate surface area is 237 Å². The summed E-state index contributed by atoms with van der Waals surface area (Å²) >= 11 is 0. The maximum atomic E-state index is 13.7. The zero-order valence-electron chi connectivity index (χ0n) is 25.0. The van der Waals surface area contributed by atoms with E-state index in [-0.39, 0.29) is 23.0 Å². The Bertz CT molecular complexity index is 1520. The van der Waals surface area contributed by atoms with Crippen molar-refractivity contribution in [2.24, 2.45) is 0 Å². The summed E-state index contributed by atoms with van der Waals surface area (Å²) in [7, 11) is -1.95. The highest BCUT2D eigenvalue weighted by Crippen LogP contribution is 2.45. The minimum atomic E-state index is -1.95. The van der Waals surface area contributed by atoms with Gasteiger partial charge in [-0.1, -0.05) is 40.7 Å². The molecule has 2 heterocycles. The highest BCUT2D eigenvalue weighted by Gasteiger charge is 2.45. The largest absolute Gasteiger partial charge is 0.491 e. The number of nitrogens with one attached hydrogen (secondary N) is 1. The first kappa shape index (κ1) is 28.6. The number of carbonyl (C=O) groups excluding carboxylic acids is 1. The van der Waals surface area contributed by atoms with E-state index in [0.717, 1.165) is 22.2 Å². The van der Waals surface area contributed by atoms with E-state index in [2.05, 4.69) is 58.8 Å². The van der Waals surface area contributed by atoms with Crippen LogP contribution >= 0.6 is 0 Å². The number of ether oxygens (including phenoxy) is 3. The van der Waals surface area contributed by atoms with Crippen molar-refractivity contribution in [2.45, 2.75) is 90.0 Å². The molecule has 0 saturated carbocycles. The number of hydrogen-bond acceptors (Lipinski definition) is 6. The maximum Gasteiger partial charge on any atom is 0.195 e. The maximum absolute atomic E-state index is 13.7. The zero-order valence-corrected chi connectivity index (χ0v) is 26.0. The minimum absolute atomic E-state index is 0.0241. The Morgan fingerprint density at radius 3 is 2.35 bits per heavy atom. The van der Waals surface area contributed by atoms with Gasteiger partial charge in [0.05, 0.1) is 23.8 Å². The van der Waals surface area contributed by atoms with Gasteiger partial charge in [-0.05, 0) is 67.9 Å². The molecule has 5 rings (SSSR count). The molecule has 8 heteroatoms. The number of nitriles is 1. The van der Waals surface area contributed by atoms with E-state index in [0.29, 0.717) is 35.7 Å². The zero-order chi connectivity index (χ0) is 29.3. The van der Waals surface area contributed by atoms with Gasteiger partial charge in [0.25, 0.3) is 0 Å². The van der Waals surface area contributed by atoms with Crippen molar-refractivity contribution in [2.75, 3.05) is 13.2 Å². The second-order valence-corrected chi connectivity index (χ2v) is 18.3. The molecule has 1 aromatic heterocycles. The lowest BCUT2D eigenvalue weighted by Crippen LogP contribution is -2.44. The monoisotopic (exact) mass is 560 g/mol. The smallest absolute Gasteiger partial charge is 0.195 e. The summed E-state index contributed by atoms with van der Waals surface area (Å²) in [6.45, 7) is 19.9. The molecular formula is C32H40N2O5Si. The standard InChI is InChI=1S/C32H40N2O5Si/c1-30(2,3)40(8,9)37-18-26-25(38-32(6,7)39-26)17-36-20-11-13-21-23(15-20)31(4,5)29-27(28(21)35)22-12-10-19(16-33)14-24(22)34-29/h10-15,25-26,34H,17-18H2,1-9H3/t25-,26-/m1/s1. The van der Waals surface area contributed by atoms with E-state index < -0.39 is 19.5 Å². The van der Waals surface area contributed by atoms with E-state index in [1.165, 1.54) is 0 Å². The van der Waals surface area contributed by atoms with Crippen molar-refractivity contribution in [1.82, 2.24) is 4.98 Å². The van der Waals surface area contributed by atoms with Gasteiger partial charge < -0.3 is 23.6 Å². The molecule has 1 fully saturated rings. The van der Waals surface area contributed by atoms with Crippen LogP contribution in [-0.2, 0) is 19.3 Å². The first-order valence-corrected chi connectivity index (χ1v) is 16.8. The minimum Gasteiger partial charge on any atom is -0.491 e. The van der Waals surface area contributed by atoms with Crippen LogP contribution in [0.4, 0.5) is 0 Å². The predicted molar refractivity (Wildman–Crippen MR) is 157 cm³/mol. The van der Waals surface area contributed by atoms with Gasteiger partial charge in [-0.15, -0.1) is 0 Å². The molecule has 0 spiro atoms. The van der Waals surface area contributed by atoms with Crippen molar-refractivity contribution in [3.05, 3.63) is 64.3 Å². The molecule has 7 nitrogen and oxygen atoms in total. The molecule has 0 amide bonds. The van der Waals surface area contributed by atoms with Gasteiger partial charge >= 0.3 is 0 Å².